The molecule has 2 heterocycles. The molecule has 1 aliphatic carbocycles. The van der Waals surface area contributed by atoms with E-state index in [1.165, 1.54) is 23.0 Å². The van der Waals surface area contributed by atoms with Crippen LogP contribution >= 0.6 is 0 Å². The van der Waals surface area contributed by atoms with Crippen molar-refractivity contribution >= 4 is 0 Å². The zero-order valence-electron chi connectivity index (χ0n) is 13.4. The minimum atomic E-state index is -0.624. The van der Waals surface area contributed by atoms with Gasteiger partial charge in [0.2, 0.25) is 5.43 Å². The number of halogens is 1. The van der Waals surface area contributed by atoms with Gasteiger partial charge in [0.1, 0.15) is 11.5 Å². The maximum absolute atomic E-state index is 14.0. The summed E-state index contributed by atoms with van der Waals surface area (Å²) in [5.41, 5.74) is 5.48. The molecule has 1 aliphatic rings. The predicted molar refractivity (Wildman–Crippen MR) is 87.4 cm³/mol. The van der Waals surface area contributed by atoms with Crippen LogP contribution in [0.4, 0.5) is 4.39 Å². The third kappa shape index (κ3) is 2.74. The summed E-state index contributed by atoms with van der Waals surface area (Å²) in [5, 5.41) is 8.10. The fourth-order valence-corrected chi connectivity index (χ4v) is 3.08. The second-order valence-corrected chi connectivity index (χ2v) is 6.21. The zero-order chi connectivity index (χ0) is 17.4. The van der Waals surface area contributed by atoms with Crippen LogP contribution in [-0.4, -0.2) is 19.9 Å². The summed E-state index contributed by atoms with van der Waals surface area (Å²) in [6, 6.07) is 7.42. The monoisotopic (exact) mass is 341 g/mol. The quantitative estimate of drug-likeness (QED) is 0.783. The Morgan fingerprint density at radius 1 is 1.20 bits per heavy atom. The summed E-state index contributed by atoms with van der Waals surface area (Å²) in [5.74, 6) is -0.0902. The Balaban J connectivity index is 1.76. The number of nitrogens with zero attached hydrogens (tertiary/aromatic N) is 4. The third-order valence-electron chi connectivity index (χ3n) is 4.48. The van der Waals surface area contributed by atoms with Crippen LogP contribution in [0.2, 0.25) is 0 Å². The van der Waals surface area contributed by atoms with Crippen LogP contribution in [0.15, 0.2) is 45.8 Å². The summed E-state index contributed by atoms with van der Waals surface area (Å²) in [6.07, 6.45) is 4.94. The Morgan fingerprint density at radius 3 is 2.72 bits per heavy atom. The van der Waals surface area contributed by atoms with Gasteiger partial charge < -0.3 is 10.3 Å². The number of nitrogens with two attached hydrogens (primary N) is 1. The van der Waals surface area contributed by atoms with Crippen LogP contribution in [0.1, 0.15) is 31.5 Å². The van der Waals surface area contributed by atoms with E-state index in [1.54, 1.807) is 18.2 Å². The first-order chi connectivity index (χ1) is 12.1. The number of hydrogen-bond donors (Lipinski definition) is 1. The summed E-state index contributed by atoms with van der Waals surface area (Å²) >= 11 is 0. The highest BCUT2D eigenvalue weighted by Crippen LogP contribution is 2.35. The third-order valence-corrected chi connectivity index (χ3v) is 4.48. The van der Waals surface area contributed by atoms with Crippen molar-refractivity contribution in [1.29, 1.82) is 0 Å². The van der Waals surface area contributed by atoms with Gasteiger partial charge in [-0.1, -0.05) is 30.1 Å². The highest BCUT2D eigenvalue weighted by atomic mass is 19.1. The molecule has 7 nitrogen and oxygen atoms in total. The molecule has 0 radical (unpaired) electrons. The molecule has 0 spiro atoms. The molecule has 0 saturated heterocycles. The van der Waals surface area contributed by atoms with Crippen molar-refractivity contribution in [2.75, 3.05) is 0 Å². The Morgan fingerprint density at radius 2 is 1.96 bits per heavy atom. The van der Waals surface area contributed by atoms with Gasteiger partial charge in [-0.05, 0) is 25.0 Å². The summed E-state index contributed by atoms with van der Waals surface area (Å²) < 4.78 is 20.4. The van der Waals surface area contributed by atoms with E-state index in [0.29, 0.717) is 5.82 Å². The van der Waals surface area contributed by atoms with Gasteiger partial charge in [0.05, 0.1) is 5.54 Å². The molecule has 3 aromatic rings. The molecule has 1 saturated carbocycles. The number of benzene rings is 1. The zero-order valence-corrected chi connectivity index (χ0v) is 13.4. The lowest BCUT2D eigenvalue weighted by atomic mass is 9.99. The van der Waals surface area contributed by atoms with Crippen LogP contribution in [0, 0.1) is 5.82 Å². The molecule has 4 rings (SSSR count). The second kappa shape index (κ2) is 5.89. The number of hydrogen-bond acceptors (Lipinski definition) is 6. The van der Waals surface area contributed by atoms with E-state index < -0.39 is 11.4 Å². The molecule has 1 aromatic carbocycles. The summed E-state index contributed by atoms with van der Waals surface area (Å²) in [7, 11) is 0. The van der Waals surface area contributed by atoms with E-state index in [2.05, 4.69) is 15.2 Å². The Hall–Kier alpha value is -2.87. The average molecular weight is 341 g/mol. The van der Waals surface area contributed by atoms with Crippen molar-refractivity contribution < 1.29 is 8.91 Å². The average Bonchev–Trinajstić information content (AvgIpc) is 3.26. The van der Waals surface area contributed by atoms with E-state index in [9.17, 15) is 9.18 Å². The van der Waals surface area contributed by atoms with Crippen molar-refractivity contribution in [1.82, 2.24) is 19.9 Å². The van der Waals surface area contributed by atoms with Crippen LogP contribution in [0.3, 0.4) is 0 Å². The first-order valence-corrected chi connectivity index (χ1v) is 8.05. The molecule has 8 heteroatoms. The summed E-state index contributed by atoms with van der Waals surface area (Å²) in [6.45, 7) is 0. The molecule has 2 aromatic heterocycles. The highest BCUT2D eigenvalue weighted by Gasteiger charge is 2.36. The topological polar surface area (TPSA) is 99.8 Å². The van der Waals surface area contributed by atoms with Gasteiger partial charge in [-0.3, -0.25) is 4.79 Å². The number of rotatable bonds is 3. The maximum atomic E-state index is 14.0. The van der Waals surface area contributed by atoms with Crippen molar-refractivity contribution in [3.63, 3.8) is 0 Å². The van der Waals surface area contributed by atoms with Crippen molar-refractivity contribution in [2.24, 2.45) is 5.73 Å². The molecule has 25 heavy (non-hydrogen) atoms. The smallest absolute Gasteiger partial charge is 0.282 e. The fourth-order valence-electron chi connectivity index (χ4n) is 3.08. The lowest BCUT2D eigenvalue weighted by molar-refractivity contribution is 0.372. The normalized spacial score (nSPS) is 16.2. The first-order valence-electron chi connectivity index (χ1n) is 8.05. The van der Waals surface area contributed by atoms with Gasteiger partial charge >= 0.3 is 0 Å². The van der Waals surface area contributed by atoms with Gasteiger partial charge in [-0.15, -0.1) is 0 Å². The van der Waals surface area contributed by atoms with Gasteiger partial charge in [-0.25, -0.2) is 9.07 Å². The van der Waals surface area contributed by atoms with Gasteiger partial charge in [0, 0.05) is 12.3 Å². The fraction of sp³-hybridized carbons (Fsp3) is 0.294. The minimum Gasteiger partial charge on any atom is -0.332 e. The molecule has 0 atom stereocenters. The van der Waals surface area contributed by atoms with Crippen LogP contribution < -0.4 is 11.2 Å². The molecule has 0 unspecified atom stereocenters. The molecule has 0 amide bonds. The van der Waals surface area contributed by atoms with Crippen LogP contribution in [0.5, 0.6) is 0 Å². The predicted octanol–water partition coefficient (Wildman–Crippen LogP) is 2.15. The molecule has 128 valence electrons. The van der Waals surface area contributed by atoms with Crippen molar-refractivity contribution in [2.45, 2.75) is 31.2 Å². The molecular formula is C17H16FN5O2. The molecule has 0 aliphatic heterocycles. The van der Waals surface area contributed by atoms with Crippen molar-refractivity contribution in [3.8, 4) is 17.3 Å². The van der Waals surface area contributed by atoms with Gasteiger partial charge in [0.25, 0.3) is 5.89 Å². The first kappa shape index (κ1) is 15.6. The maximum Gasteiger partial charge on any atom is 0.282 e. The summed E-state index contributed by atoms with van der Waals surface area (Å²) in [4.78, 5) is 16.4. The van der Waals surface area contributed by atoms with Crippen LogP contribution in [0.25, 0.3) is 17.3 Å². The lowest BCUT2D eigenvalue weighted by Gasteiger charge is -2.17. The van der Waals surface area contributed by atoms with Gasteiger partial charge in [-0.2, -0.15) is 10.1 Å². The second-order valence-electron chi connectivity index (χ2n) is 6.21. The van der Waals surface area contributed by atoms with E-state index in [4.69, 9.17) is 10.3 Å². The SMILES string of the molecule is NC1(c2noc(-c3nn(-c4ccccc4F)ccc3=O)n2)CCCC1. The van der Waals surface area contributed by atoms with Crippen molar-refractivity contribution in [3.05, 3.63) is 58.4 Å². The Bertz CT molecular complexity index is 975. The molecule has 0 bridgehead atoms. The number of para-hydroxylation sites is 1. The molecule has 1 fully saturated rings. The molecular weight excluding hydrogens is 325 g/mol. The largest absolute Gasteiger partial charge is 0.332 e. The minimum absolute atomic E-state index is 0.0117. The van der Waals surface area contributed by atoms with E-state index in [0.717, 1.165) is 25.7 Å². The van der Waals surface area contributed by atoms with E-state index >= 15 is 0 Å². The van der Waals surface area contributed by atoms with E-state index in [-0.39, 0.29) is 22.7 Å². The number of aromatic nitrogens is 4. The lowest BCUT2D eigenvalue weighted by Crippen LogP contribution is -2.34. The van der Waals surface area contributed by atoms with Crippen LogP contribution in [-0.2, 0) is 5.54 Å². The highest BCUT2D eigenvalue weighted by molar-refractivity contribution is 5.46. The Labute approximate surface area is 142 Å². The van der Waals surface area contributed by atoms with E-state index in [1.807, 2.05) is 0 Å². The Kier molecular flexibility index (Phi) is 3.69. The van der Waals surface area contributed by atoms with Gasteiger partial charge in [0.15, 0.2) is 11.5 Å². The standard InChI is InChI=1S/C17H16FN5O2/c18-11-5-1-2-6-12(11)23-10-7-13(24)14(21-23)15-20-16(22-25-15)17(19)8-3-4-9-17/h1-2,5-7,10H,3-4,8-9,19H2. The molecule has 2 N–H and O–H groups in total.